The van der Waals surface area contributed by atoms with Crippen LogP contribution >= 0.6 is 0 Å². The Bertz CT molecular complexity index is 189. The Morgan fingerprint density at radius 2 is 1.80 bits per heavy atom. The van der Waals surface area contributed by atoms with E-state index in [1.807, 2.05) is 0 Å². The summed E-state index contributed by atoms with van der Waals surface area (Å²) < 4.78 is 0. The number of hydrogen-bond acceptors (Lipinski definition) is 2. The van der Waals surface area contributed by atoms with Crippen LogP contribution in [0.25, 0.3) is 0 Å². The third-order valence-electron chi connectivity index (χ3n) is 3.22. The molecule has 1 rings (SSSR count). The van der Waals surface area contributed by atoms with Gasteiger partial charge in [-0.15, -0.1) is 0 Å². The molecule has 0 aliphatic heterocycles. The van der Waals surface area contributed by atoms with Crippen LogP contribution in [0.4, 0.5) is 0 Å². The molecule has 0 radical (unpaired) electrons. The standard InChI is InChI=1S/C13H28N2/c1-10(2)9-15(11-6-7-11)12(8-14)13(3,4)5/h10-12H,6-9,14H2,1-5H3. The van der Waals surface area contributed by atoms with Crippen molar-refractivity contribution in [1.29, 1.82) is 0 Å². The topological polar surface area (TPSA) is 29.3 Å². The molecule has 0 bridgehead atoms. The summed E-state index contributed by atoms with van der Waals surface area (Å²) in [6.07, 6.45) is 2.75. The fourth-order valence-electron chi connectivity index (χ4n) is 2.35. The molecule has 2 heteroatoms. The molecule has 1 aliphatic carbocycles. The zero-order chi connectivity index (χ0) is 11.6. The molecule has 1 unspecified atom stereocenters. The Balaban J connectivity index is 2.67. The predicted octanol–water partition coefficient (Wildman–Crippen LogP) is 2.48. The number of rotatable bonds is 5. The fourth-order valence-corrected chi connectivity index (χ4v) is 2.35. The second-order valence-corrected chi connectivity index (χ2v) is 6.44. The average Bonchev–Trinajstić information content (AvgIpc) is 2.82. The molecular formula is C13H28N2. The molecule has 0 aromatic carbocycles. The van der Waals surface area contributed by atoms with Crippen LogP contribution in [0.3, 0.4) is 0 Å². The third-order valence-corrected chi connectivity index (χ3v) is 3.22. The Labute approximate surface area is 95.2 Å². The first kappa shape index (κ1) is 13.0. The molecule has 1 aliphatic rings. The van der Waals surface area contributed by atoms with Gasteiger partial charge in [-0.3, -0.25) is 4.90 Å². The minimum absolute atomic E-state index is 0.298. The Morgan fingerprint density at radius 1 is 1.27 bits per heavy atom. The van der Waals surface area contributed by atoms with Gasteiger partial charge in [0.1, 0.15) is 0 Å². The minimum atomic E-state index is 0.298. The van der Waals surface area contributed by atoms with Crippen LogP contribution < -0.4 is 5.73 Å². The van der Waals surface area contributed by atoms with Crippen LogP contribution in [0.15, 0.2) is 0 Å². The van der Waals surface area contributed by atoms with Crippen molar-refractivity contribution in [3.63, 3.8) is 0 Å². The van der Waals surface area contributed by atoms with E-state index in [0.29, 0.717) is 11.5 Å². The van der Waals surface area contributed by atoms with E-state index in [-0.39, 0.29) is 0 Å². The quantitative estimate of drug-likeness (QED) is 0.758. The van der Waals surface area contributed by atoms with E-state index in [1.54, 1.807) is 0 Å². The van der Waals surface area contributed by atoms with Crippen molar-refractivity contribution >= 4 is 0 Å². The first-order valence-electron chi connectivity index (χ1n) is 6.32. The Kier molecular flexibility index (Phi) is 4.19. The zero-order valence-corrected chi connectivity index (χ0v) is 11.1. The molecule has 90 valence electrons. The van der Waals surface area contributed by atoms with E-state index in [0.717, 1.165) is 18.5 Å². The predicted molar refractivity (Wildman–Crippen MR) is 66.9 cm³/mol. The summed E-state index contributed by atoms with van der Waals surface area (Å²) in [7, 11) is 0. The molecule has 2 N–H and O–H groups in total. The lowest BCUT2D eigenvalue weighted by molar-refractivity contribution is 0.0851. The summed E-state index contributed by atoms with van der Waals surface area (Å²) in [5.41, 5.74) is 6.26. The summed E-state index contributed by atoms with van der Waals surface area (Å²) in [6.45, 7) is 13.5. The van der Waals surface area contributed by atoms with E-state index < -0.39 is 0 Å². The molecule has 0 amide bonds. The first-order chi connectivity index (χ1) is 6.86. The van der Waals surface area contributed by atoms with Crippen LogP contribution in [-0.2, 0) is 0 Å². The third kappa shape index (κ3) is 3.76. The van der Waals surface area contributed by atoms with E-state index in [4.69, 9.17) is 5.73 Å². The van der Waals surface area contributed by atoms with Crippen molar-refractivity contribution in [3.05, 3.63) is 0 Å². The van der Waals surface area contributed by atoms with E-state index in [9.17, 15) is 0 Å². The van der Waals surface area contributed by atoms with Gasteiger partial charge in [-0.2, -0.15) is 0 Å². The van der Waals surface area contributed by atoms with E-state index >= 15 is 0 Å². The van der Waals surface area contributed by atoms with Crippen molar-refractivity contribution in [3.8, 4) is 0 Å². The molecule has 0 spiro atoms. The maximum Gasteiger partial charge on any atom is 0.0269 e. The molecule has 0 aromatic heterocycles. The van der Waals surface area contributed by atoms with Gasteiger partial charge in [-0.1, -0.05) is 34.6 Å². The van der Waals surface area contributed by atoms with E-state index in [1.165, 1.54) is 19.4 Å². The maximum absolute atomic E-state index is 5.96. The van der Waals surface area contributed by atoms with Crippen LogP contribution in [0.5, 0.6) is 0 Å². The molecule has 2 nitrogen and oxygen atoms in total. The Morgan fingerprint density at radius 3 is 2.07 bits per heavy atom. The zero-order valence-electron chi connectivity index (χ0n) is 11.1. The molecule has 0 saturated heterocycles. The highest BCUT2D eigenvalue weighted by atomic mass is 15.2. The monoisotopic (exact) mass is 212 g/mol. The van der Waals surface area contributed by atoms with Gasteiger partial charge in [0.05, 0.1) is 0 Å². The van der Waals surface area contributed by atoms with Crippen molar-refractivity contribution in [2.75, 3.05) is 13.1 Å². The summed E-state index contributed by atoms with van der Waals surface area (Å²) in [4.78, 5) is 2.66. The van der Waals surface area contributed by atoms with Gasteiger partial charge in [0.15, 0.2) is 0 Å². The minimum Gasteiger partial charge on any atom is -0.329 e. The smallest absolute Gasteiger partial charge is 0.0269 e. The van der Waals surface area contributed by atoms with E-state index in [2.05, 4.69) is 39.5 Å². The van der Waals surface area contributed by atoms with Crippen molar-refractivity contribution in [1.82, 2.24) is 4.90 Å². The molecule has 1 saturated carbocycles. The van der Waals surface area contributed by atoms with Crippen LogP contribution in [0.2, 0.25) is 0 Å². The van der Waals surface area contributed by atoms with Gasteiger partial charge in [-0.25, -0.2) is 0 Å². The summed E-state index contributed by atoms with van der Waals surface area (Å²) in [6, 6.07) is 1.35. The number of hydrogen-bond donors (Lipinski definition) is 1. The summed E-state index contributed by atoms with van der Waals surface area (Å²) >= 11 is 0. The van der Waals surface area contributed by atoms with Crippen LogP contribution in [0.1, 0.15) is 47.5 Å². The highest BCUT2D eigenvalue weighted by Crippen LogP contribution is 2.34. The normalized spacial score (nSPS) is 20.0. The lowest BCUT2D eigenvalue weighted by Gasteiger charge is -2.40. The first-order valence-corrected chi connectivity index (χ1v) is 6.32. The fraction of sp³-hybridized carbons (Fsp3) is 1.00. The van der Waals surface area contributed by atoms with Crippen molar-refractivity contribution in [2.45, 2.75) is 59.5 Å². The molecule has 1 fully saturated rings. The largest absolute Gasteiger partial charge is 0.329 e. The average molecular weight is 212 g/mol. The summed E-state index contributed by atoms with van der Waals surface area (Å²) in [5, 5.41) is 0. The van der Waals surface area contributed by atoms with Gasteiger partial charge < -0.3 is 5.73 Å². The second-order valence-electron chi connectivity index (χ2n) is 6.44. The Hall–Kier alpha value is -0.0800. The molecule has 0 aromatic rings. The molecule has 0 heterocycles. The number of nitrogens with two attached hydrogens (primary N) is 1. The van der Waals surface area contributed by atoms with Gasteiger partial charge in [0.25, 0.3) is 0 Å². The van der Waals surface area contributed by atoms with Crippen molar-refractivity contribution in [2.24, 2.45) is 17.1 Å². The highest BCUT2D eigenvalue weighted by molar-refractivity contribution is 4.93. The SMILES string of the molecule is CC(C)CN(C1CC1)C(CN)C(C)(C)C. The molecule has 15 heavy (non-hydrogen) atoms. The van der Waals surface area contributed by atoms with Gasteiger partial charge in [0.2, 0.25) is 0 Å². The van der Waals surface area contributed by atoms with Gasteiger partial charge >= 0.3 is 0 Å². The van der Waals surface area contributed by atoms with Crippen molar-refractivity contribution < 1.29 is 0 Å². The van der Waals surface area contributed by atoms with Crippen LogP contribution in [-0.4, -0.2) is 30.1 Å². The maximum atomic E-state index is 5.96. The second kappa shape index (κ2) is 4.84. The lowest BCUT2D eigenvalue weighted by atomic mass is 9.85. The van der Waals surface area contributed by atoms with Gasteiger partial charge in [0, 0.05) is 25.2 Å². The van der Waals surface area contributed by atoms with Crippen LogP contribution in [0, 0.1) is 11.3 Å². The molecular weight excluding hydrogens is 184 g/mol. The highest BCUT2D eigenvalue weighted by Gasteiger charge is 2.38. The van der Waals surface area contributed by atoms with Gasteiger partial charge in [-0.05, 0) is 24.2 Å². The summed E-state index contributed by atoms with van der Waals surface area (Å²) in [5.74, 6) is 0.738. The number of nitrogens with zero attached hydrogens (tertiary/aromatic N) is 1. The molecule has 1 atom stereocenters. The lowest BCUT2D eigenvalue weighted by Crippen LogP contribution is -2.51.